The maximum atomic E-state index is 10.3. The molecule has 1 aromatic rings. The molecule has 1 N–H and O–H groups in total. The van der Waals surface area contributed by atoms with Crippen molar-refractivity contribution in [1.29, 1.82) is 0 Å². The summed E-state index contributed by atoms with van der Waals surface area (Å²) in [5, 5.41) is 20.0. The normalized spacial score (nSPS) is 12.7. The standard InChI is InChI=1S/C6H10N4O2S2/c1-10-6(7-8-9-10)14-5(13)3-2-4(11)12/h5,13H,2-3H2,1H3,(H,11,12). The summed E-state index contributed by atoms with van der Waals surface area (Å²) >= 11 is 5.58. The summed E-state index contributed by atoms with van der Waals surface area (Å²) in [6.45, 7) is 0. The summed E-state index contributed by atoms with van der Waals surface area (Å²) < 4.78 is 1.42. The Morgan fingerprint density at radius 1 is 1.79 bits per heavy atom. The van der Waals surface area contributed by atoms with Gasteiger partial charge in [0.15, 0.2) is 0 Å². The van der Waals surface area contributed by atoms with Gasteiger partial charge in [-0.1, -0.05) is 11.8 Å². The van der Waals surface area contributed by atoms with E-state index in [0.29, 0.717) is 11.6 Å². The maximum absolute atomic E-state index is 10.3. The van der Waals surface area contributed by atoms with Crippen LogP contribution >= 0.6 is 24.4 Å². The Morgan fingerprint density at radius 3 is 3.00 bits per heavy atom. The molecule has 78 valence electrons. The first kappa shape index (κ1) is 11.3. The number of carboxylic acid groups (broad SMARTS) is 1. The topological polar surface area (TPSA) is 80.9 Å². The summed E-state index contributed by atoms with van der Waals surface area (Å²) in [5.41, 5.74) is 0. The fourth-order valence-electron chi connectivity index (χ4n) is 0.749. The van der Waals surface area contributed by atoms with E-state index < -0.39 is 5.97 Å². The van der Waals surface area contributed by atoms with Crippen LogP contribution in [-0.2, 0) is 11.8 Å². The molecule has 1 atom stereocenters. The second-order valence-electron chi connectivity index (χ2n) is 2.59. The zero-order valence-electron chi connectivity index (χ0n) is 7.49. The number of rotatable bonds is 5. The van der Waals surface area contributed by atoms with Gasteiger partial charge in [0.25, 0.3) is 0 Å². The van der Waals surface area contributed by atoms with Gasteiger partial charge in [0, 0.05) is 13.5 Å². The number of thioether (sulfide) groups is 1. The van der Waals surface area contributed by atoms with Crippen LogP contribution in [0, 0.1) is 0 Å². The Labute approximate surface area is 90.5 Å². The van der Waals surface area contributed by atoms with E-state index in [-0.39, 0.29) is 11.0 Å². The number of carbonyl (C=O) groups is 1. The van der Waals surface area contributed by atoms with Crippen LogP contribution in [0.25, 0.3) is 0 Å². The number of thiol groups is 1. The summed E-state index contributed by atoms with van der Waals surface area (Å²) in [5.74, 6) is -0.819. The minimum atomic E-state index is -0.819. The van der Waals surface area contributed by atoms with Gasteiger partial charge in [-0.25, -0.2) is 4.68 Å². The number of hydrogen-bond donors (Lipinski definition) is 2. The number of tetrazole rings is 1. The quantitative estimate of drug-likeness (QED) is 0.436. The van der Waals surface area contributed by atoms with E-state index in [1.165, 1.54) is 16.4 Å². The van der Waals surface area contributed by atoms with Crippen LogP contribution in [0.5, 0.6) is 0 Å². The van der Waals surface area contributed by atoms with E-state index in [0.717, 1.165) is 0 Å². The largest absolute Gasteiger partial charge is 0.481 e. The predicted molar refractivity (Wildman–Crippen MR) is 54.3 cm³/mol. The molecule has 0 aliphatic carbocycles. The maximum Gasteiger partial charge on any atom is 0.303 e. The van der Waals surface area contributed by atoms with Crippen molar-refractivity contribution in [2.45, 2.75) is 22.6 Å². The molecule has 0 saturated heterocycles. The average Bonchev–Trinajstić information content (AvgIpc) is 2.49. The molecule has 0 spiro atoms. The van der Waals surface area contributed by atoms with Crippen molar-refractivity contribution in [1.82, 2.24) is 20.2 Å². The highest BCUT2D eigenvalue weighted by Gasteiger charge is 2.11. The van der Waals surface area contributed by atoms with Gasteiger partial charge in [-0.2, -0.15) is 12.6 Å². The van der Waals surface area contributed by atoms with E-state index in [1.54, 1.807) is 7.05 Å². The molecule has 8 heteroatoms. The van der Waals surface area contributed by atoms with Crippen molar-refractivity contribution in [2.75, 3.05) is 0 Å². The molecule has 6 nitrogen and oxygen atoms in total. The van der Waals surface area contributed by atoms with Gasteiger partial charge in [0.1, 0.15) is 0 Å². The lowest BCUT2D eigenvalue weighted by molar-refractivity contribution is -0.137. The van der Waals surface area contributed by atoms with Crippen LogP contribution in [0.3, 0.4) is 0 Å². The number of aliphatic carboxylic acids is 1. The second kappa shape index (κ2) is 5.20. The van der Waals surface area contributed by atoms with Gasteiger partial charge in [-0.15, -0.1) is 5.10 Å². The first-order valence-electron chi connectivity index (χ1n) is 3.88. The van der Waals surface area contributed by atoms with Gasteiger partial charge in [0.05, 0.1) is 4.58 Å². The second-order valence-corrected chi connectivity index (χ2v) is 4.73. The summed E-state index contributed by atoms with van der Waals surface area (Å²) in [7, 11) is 1.72. The number of aromatic nitrogens is 4. The Balaban J connectivity index is 2.37. The molecule has 0 aromatic carbocycles. The Kier molecular flexibility index (Phi) is 4.21. The summed E-state index contributed by atoms with van der Waals surface area (Å²) in [6.07, 6.45) is 0.586. The zero-order chi connectivity index (χ0) is 10.6. The highest BCUT2D eigenvalue weighted by molar-refractivity contribution is 8.10. The van der Waals surface area contributed by atoms with Gasteiger partial charge in [-0.05, 0) is 16.8 Å². The van der Waals surface area contributed by atoms with Gasteiger partial charge >= 0.3 is 5.97 Å². The van der Waals surface area contributed by atoms with Crippen molar-refractivity contribution in [3.63, 3.8) is 0 Å². The fraction of sp³-hybridized carbons (Fsp3) is 0.667. The van der Waals surface area contributed by atoms with Crippen molar-refractivity contribution < 1.29 is 9.90 Å². The molecule has 14 heavy (non-hydrogen) atoms. The van der Waals surface area contributed by atoms with Crippen LogP contribution in [0.2, 0.25) is 0 Å². The Hall–Kier alpha value is -0.760. The van der Waals surface area contributed by atoms with Crippen LogP contribution in [0.4, 0.5) is 0 Å². The average molecular weight is 234 g/mol. The lowest BCUT2D eigenvalue weighted by atomic mass is 10.3. The highest BCUT2D eigenvalue weighted by Crippen LogP contribution is 2.25. The molecule has 0 radical (unpaired) electrons. The summed E-state index contributed by atoms with van der Waals surface area (Å²) in [4.78, 5) is 10.3. The third kappa shape index (κ3) is 3.54. The molecule has 0 fully saturated rings. The van der Waals surface area contributed by atoms with Gasteiger partial charge in [-0.3, -0.25) is 4.79 Å². The third-order valence-corrected chi connectivity index (χ3v) is 3.07. The van der Waals surface area contributed by atoms with E-state index in [9.17, 15) is 4.79 Å². The smallest absolute Gasteiger partial charge is 0.303 e. The third-order valence-electron chi connectivity index (χ3n) is 1.43. The van der Waals surface area contributed by atoms with Gasteiger partial charge < -0.3 is 5.11 Å². The van der Waals surface area contributed by atoms with Crippen LogP contribution in [0.15, 0.2) is 5.16 Å². The van der Waals surface area contributed by atoms with E-state index in [1.807, 2.05) is 0 Å². The van der Waals surface area contributed by atoms with Crippen molar-refractivity contribution in [3.05, 3.63) is 0 Å². The fourth-order valence-corrected chi connectivity index (χ4v) is 1.91. The lowest BCUT2D eigenvalue weighted by Crippen LogP contribution is -2.02. The molecule has 1 heterocycles. The monoisotopic (exact) mass is 234 g/mol. The highest BCUT2D eigenvalue weighted by atomic mass is 32.2. The number of carboxylic acids is 1. The van der Waals surface area contributed by atoms with E-state index in [4.69, 9.17) is 5.11 Å². The minimum absolute atomic E-state index is 0.101. The molecular formula is C6H10N4O2S2. The van der Waals surface area contributed by atoms with Crippen molar-refractivity contribution in [3.8, 4) is 0 Å². The number of nitrogens with zero attached hydrogens (tertiary/aromatic N) is 4. The molecule has 0 amide bonds. The van der Waals surface area contributed by atoms with Gasteiger partial charge in [0.2, 0.25) is 5.16 Å². The molecular weight excluding hydrogens is 224 g/mol. The van der Waals surface area contributed by atoms with Crippen molar-refractivity contribution >= 4 is 30.4 Å². The lowest BCUT2D eigenvalue weighted by Gasteiger charge is -2.06. The Bertz CT molecular complexity index is 317. The first-order chi connectivity index (χ1) is 6.59. The number of aryl methyl sites for hydroxylation is 1. The molecule has 0 aliphatic rings. The van der Waals surface area contributed by atoms with Crippen LogP contribution < -0.4 is 0 Å². The van der Waals surface area contributed by atoms with E-state index in [2.05, 4.69) is 28.2 Å². The number of hydrogen-bond acceptors (Lipinski definition) is 6. The SMILES string of the molecule is Cn1nnnc1SC(S)CCC(=O)O. The molecule has 0 aliphatic heterocycles. The zero-order valence-corrected chi connectivity index (χ0v) is 9.20. The van der Waals surface area contributed by atoms with Crippen molar-refractivity contribution in [2.24, 2.45) is 7.05 Å². The first-order valence-corrected chi connectivity index (χ1v) is 5.28. The molecule has 0 bridgehead atoms. The predicted octanol–water partition coefficient (Wildman–Crippen LogP) is 0.423. The Morgan fingerprint density at radius 2 is 2.50 bits per heavy atom. The summed E-state index contributed by atoms with van der Waals surface area (Å²) in [6, 6.07) is 0. The molecule has 1 rings (SSSR count). The van der Waals surface area contributed by atoms with Crippen LogP contribution in [0.1, 0.15) is 12.8 Å². The van der Waals surface area contributed by atoms with Crippen LogP contribution in [-0.4, -0.2) is 35.9 Å². The molecule has 1 aromatic heterocycles. The van der Waals surface area contributed by atoms with E-state index >= 15 is 0 Å². The molecule has 1 unspecified atom stereocenters. The minimum Gasteiger partial charge on any atom is -0.481 e. The molecule has 0 saturated carbocycles.